The minimum Gasteiger partial charge on any atom is -0.309 e. The van der Waals surface area contributed by atoms with Gasteiger partial charge in [0.2, 0.25) is 0 Å². The molecule has 1 nitrogen and oxygen atoms in total. The molecule has 2 aliphatic carbocycles. The molecule has 4 heteroatoms. The number of alkyl halides is 3. The smallest absolute Gasteiger partial charge is 0.309 e. The molecule has 0 radical (unpaired) electrons. The van der Waals surface area contributed by atoms with Crippen LogP contribution in [0.15, 0.2) is 0 Å². The fourth-order valence-electron chi connectivity index (χ4n) is 3.32. The van der Waals surface area contributed by atoms with E-state index in [0.29, 0.717) is 11.8 Å². The zero-order chi connectivity index (χ0) is 10.3. The van der Waals surface area contributed by atoms with Crippen molar-refractivity contribution >= 4 is 0 Å². The maximum absolute atomic E-state index is 12.6. The summed E-state index contributed by atoms with van der Waals surface area (Å²) in [6.07, 6.45) is -0.127. The summed E-state index contributed by atoms with van der Waals surface area (Å²) in [5.41, 5.74) is 0. The molecule has 0 amide bonds. The van der Waals surface area contributed by atoms with Crippen LogP contribution in [0.5, 0.6) is 0 Å². The summed E-state index contributed by atoms with van der Waals surface area (Å²) in [6.45, 7) is 0. The molecule has 2 saturated carbocycles. The minimum atomic E-state index is -4.08. The van der Waals surface area contributed by atoms with Gasteiger partial charge >= 0.3 is 6.18 Å². The van der Waals surface area contributed by atoms with E-state index >= 15 is 0 Å². The van der Waals surface area contributed by atoms with Crippen molar-refractivity contribution in [1.29, 1.82) is 0 Å². The molecule has 2 rings (SSSR count). The summed E-state index contributed by atoms with van der Waals surface area (Å²) in [5.74, 6) is 0.723. The van der Waals surface area contributed by atoms with Crippen molar-refractivity contribution in [3.63, 3.8) is 0 Å². The van der Waals surface area contributed by atoms with E-state index in [2.05, 4.69) is 5.32 Å². The Morgan fingerprint density at radius 2 is 1.93 bits per heavy atom. The molecule has 0 aromatic heterocycles. The Hall–Kier alpha value is -0.250. The molecular formula is C10H16F3N. The van der Waals surface area contributed by atoms with Crippen molar-refractivity contribution < 1.29 is 13.2 Å². The zero-order valence-corrected chi connectivity index (χ0v) is 8.27. The lowest BCUT2D eigenvalue weighted by molar-refractivity contribution is -0.170. The predicted molar refractivity (Wildman–Crippen MR) is 47.8 cm³/mol. The number of halogens is 3. The highest BCUT2D eigenvalue weighted by Crippen LogP contribution is 2.51. The SMILES string of the molecule is CNC(C1CC2CCC1C2)C(F)(F)F. The Labute approximate surface area is 82.1 Å². The van der Waals surface area contributed by atoms with E-state index in [1.165, 1.54) is 7.05 Å². The highest BCUT2D eigenvalue weighted by molar-refractivity contribution is 4.97. The summed E-state index contributed by atoms with van der Waals surface area (Å²) in [5, 5.41) is 2.44. The first-order chi connectivity index (χ1) is 6.52. The van der Waals surface area contributed by atoms with E-state index in [-0.39, 0.29) is 5.92 Å². The van der Waals surface area contributed by atoms with Crippen LogP contribution in [0.2, 0.25) is 0 Å². The molecule has 0 saturated heterocycles. The van der Waals surface area contributed by atoms with Crippen molar-refractivity contribution in [2.75, 3.05) is 7.05 Å². The second kappa shape index (κ2) is 3.40. The largest absolute Gasteiger partial charge is 0.404 e. The molecule has 1 N–H and O–H groups in total. The molecule has 0 aromatic carbocycles. The van der Waals surface area contributed by atoms with Crippen molar-refractivity contribution in [3.05, 3.63) is 0 Å². The van der Waals surface area contributed by atoms with Gasteiger partial charge in [-0.3, -0.25) is 0 Å². The van der Waals surface area contributed by atoms with Gasteiger partial charge in [0, 0.05) is 0 Å². The highest BCUT2D eigenvalue weighted by Gasteiger charge is 2.51. The zero-order valence-electron chi connectivity index (χ0n) is 8.27. The summed E-state index contributed by atoms with van der Waals surface area (Å²) in [7, 11) is 1.42. The number of hydrogen-bond donors (Lipinski definition) is 1. The lowest BCUT2D eigenvalue weighted by Crippen LogP contribution is -2.47. The molecule has 0 aliphatic heterocycles. The molecule has 0 heterocycles. The summed E-state index contributed by atoms with van der Waals surface area (Å²) in [4.78, 5) is 0. The van der Waals surface area contributed by atoms with Gasteiger partial charge in [0.25, 0.3) is 0 Å². The Morgan fingerprint density at radius 1 is 1.21 bits per heavy atom. The van der Waals surface area contributed by atoms with Crippen molar-refractivity contribution in [2.45, 2.75) is 37.9 Å². The molecule has 2 bridgehead atoms. The first kappa shape index (κ1) is 10.3. The Kier molecular flexibility index (Phi) is 2.50. The van der Waals surface area contributed by atoms with E-state index in [0.717, 1.165) is 25.7 Å². The number of rotatable bonds is 2. The van der Waals surface area contributed by atoms with Gasteiger partial charge in [-0.1, -0.05) is 6.42 Å². The van der Waals surface area contributed by atoms with Gasteiger partial charge < -0.3 is 5.32 Å². The molecule has 0 spiro atoms. The fraction of sp³-hybridized carbons (Fsp3) is 1.00. The molecule has 2 fully saturated rings. The summed E-state index contributed by atoms with van der Waals surface area (Å²) in [6, 6.07) is -1.28. The van der Waals surface area contributed by atoms with Gasteiger partial charge in [-0.25, -0.2) is 0 Å². The van der Waals surface area contributed by atoms with Gasteiger partial charge in [0.1, 0.15) is 6.04 Å². The summed E-state index contributed by atoms with van der Waals surface area (Å²) >= 11 is 0. The second-order valence-electron chi connectivity index (χ2n) is 4.65. The third-order valence-electron chi connectivity index (χ3n) is 3.88. The minimum absolute atomic E-state index is 0.168. The maximum atomic E-state index is 12.6. The summed E-state index contributed by atoms with van der Waals surface area (Å²) < 4.78 is 37.9. The van der Waals surface area contributed by atoms with Crippen LogP contribution >= 0.6 is 0 Å². The third kappa shape index (κ3) is 1.64. The number of nitrogens with one attached hydrogen (secondary N) is 1. The van der Waals surface area contributed by atoms with Crippen LogP contribution < -0.4 is 5.32 Å². The predicted octanol–water partition coefficient (Wildman–Crippen LogP) is 2.57. The van der Waals surface area contributed by atoms with E-state index < -0.39 is 12.2 Å². The second-order valence-corrected chi connectivity index (χ2v) is 4.65. The standard InChI is InChI=1S/C10H16F3N/c1-14-9(10(11,12)13)8-5-6-2-3-7(8)4-6/h6-9,14H,2-5H2,1H3. The van der Waals surface area contributed by atoms with Crippen LogP contribution in [0.1, 0.15) is 25.7 Å². The van der Waals surface area contributed by atoms with E-state index in [4.69, 9.17) is 0 Å². The van der Waals surface area contributed by atoms with Crippen LogP contribution in [0.25, 0.3) is 0 Å². The third-order valence-corrected chi connectivity index (χ3v) is 3.88. The first-order valence-corrected chi connectivity index (χ1v) is 5.26. The van der Waals surface area contributed by atoms with Crippen molar-refractivity contribution in [3.8, 4) is 0 Å². The van der Waals surface area contributed by atoms with Gasteiger partial charge in [-0.15, -0.1) is 0 Å². The van der Waals surface area contributed by atoms with E-state index in [1.54, 1.807) is 0 Å². The quantitative estimate of drug-likeness (QED) is 0.733. The van der Waals surface area contributed by atoms with Crippen LogP contribution in [-0.2, 0) is 0 Å². The van der Waals surface area contributed by atoms with E-state index in [9.17, 15) is 13.2 Å². The Morgan fingerprint density at radius 3 is 2.29 bits per heavy atom. The fourth-order valence-corrected chi connectivity index (χ4v) is 3.32. The van der Waals surface area contributed by atoms with Crippen LogP contribution in [0, 0.1) is 17.8 Å². The Bertz CT molecular complexity index is 214. The van der Waals surface area contributed by atoms with Crippen LogP contribution in [0.4, 0.5) is 13.2 Å². The molecular weight excluding hydrogens is 191 g/mol. The van der Waals surface area contributed by atoms with Gasteiger partial charge in [0.05, 0.1) is 0 Å². The molecule has 4 atom stereocenters. The lowest BCUT2D eigenvalue weighted by atomic mass is 9.83. The molecule has 82 valence electrons. The topological polar surface area (TPSA) is 12.0 Å². The van der Waals surface area contributed by atoms with Gasteiger partial charge in [-0.2, -0.15) is 13.2 Å². The average molecular weight is 207 g/mol. The molecule has 14 heavy (non-hydrogen) atoms. The van der Waals surface area contributed by atoms with E-state index in [1.807, 2.05) is 0 Å². The van der Waals surface area contributed by atoms with Crippen LogP contribution in [0.3, 0.4) is 0 Å². The van der Waals surface area contributed by atoms with Crippen LogP contribution in [-0.4, -0.2) is 19.3 Å². The van der Waals surface area contributed by atoms with Crippen molar-refractivity contribution in [1.82, 2.24) is 5.32 Å². The van der Waals surface area contributed by atoms with Gasteiger partial charge in [0.15, 0.2) is 0 Å². The Balaban J connectivity index is 2.06. The van der Waals surface area contributed by atoms with Gasteiger partial charge in [-0.05, 0) is 44.1 Å². The number of hydrogen-bond acceptors (Lipinski definition) is 1. The lowest BCUT2D eigenvalue weighted by Gasteiger charge is -2.31. The monoisotopic (exact) mass is 207 g/mol. The molecule has 0 aromatic rings. The van der Waals surface area contributed by atoms with Crippen molar-refractivity contribution in [2.24, 2.45) is 17.8 Å². The number of fused-ring (bicyclic) bond motifs is 2. The average Bonchev–Trinajstić information content (AvgIpc) is 2.63. The first-order valence-electron chi connectivity index (χ1n) is 5.26. The maximum Gasteiger partial charge on any atom is 0.404 e. The highest BCUT2D eigenvalue weighted by atomic mass is 19.4. The molecule has 2 aliphatic rings. The molecule has 4 unspecified atom stereocenters. The normalized spacial score (nSPS) is 39.0.